The quantitative estimate of drug-likeness (QED) is 0.339. The molecular formula is C26H28N4O3S. The minimum atomic E-state index is -0.704. The van der Waals surface area contributed by atoms with E-state index in [0.717, 1.165) is 48.2 Å². The van der Waals surface area contributed by atoms with Gasteiger partial charge in [0.25, 0.3) is 5.91 Å². The van der Waals surface area contributed by atoms with Crippen molar-refractivity contribution >= 4 is 34.1 Å². The van der Waals surface area contributed by atoms with Gasteiger partial charge in [0.15, 0.2) is 0 Å². The summed E-state index contributed by atoms with van der Waals surface area (Å²) in [5.41, 5.74) is 2.00. The molecule has 7 nitrogen and oxygen atoms in total. The van der Waals surface area contributed by atoms with Crippen molar-refractivity contribution in [3.63, 3.8) is 0 Å². The molecule has 0 bridgehead atoms. The summed E-state index contributed by atoms with van der Waals surface area (Å²) in [4.78, 5) is 32.4. The summed E-state index contributed by atoms with van der Waals surface area (Å²) < 4.78 is 5.68. The highest BCUT2D eigenvalue weighted by atomic mass is 32.1. The number of carbonyl (C=O) groups is 2. The van der Waals surface area contributed by atoms with Crippen LogP contribution in [0.15, 0.2) is 70.8 Å². The van der Waals surface area contributed by atoms with E-state index in [4.69, 9.17) is 4.42 Å². The normalized spacial score (nSPS) is 15.9. The van der Waals surface area contributed by atoms with Crippen molar-refractivity contribution in [2.45, 2.75) is 31.3 Å². The van der Waals surface area contributed by atoms with Crippen LogP contribution in [0.1, 0.15) is 39.9 Å². The van der Waals surface area contributed by atoms with E-state index in [1.165, 1.54) is 11.3 Å². The first kappa shape index (κ1) is 22.4. The molecule has 1 saturated heterocycles. The zero-order chi connectivity index (χ0) is 23.3. The highest BCUT2D eigenvalue weighted by molar-refractivity contribution is 7.12. The number of hydrogen-bond acceptors (Lipinski definition) is 5. The van der Waals surface area contributed by atoms with E-state index in [1.807, 2.05) is 54.0 Å². The van der Waals surface area contributed by atoms with Gasteiger partial charge in [0.1, 0.15) is 11.8 Å². The molecule has 4 aromatic rings. The number of thiophene rings is 1. The third-order valence-corrected chi connectivity index (χ3v) is 7.26. The summed E-state index contributed by atoms with van der Waals surface area (Å²) in [5.74, 6) is 0.404. The number of nitrogens with one attached hydrogen (secondary N) is 3. The van der Waals surface area contributed by atoms with E-state index < -0.39 is 6.04 Å². The van der Waals surface area contributed by atoms with Gasteiger partial charge in [-0.1, -0.05) is 24.3 Å². The van der Waals surface area contributed by atoms with Crippen molar-refractivity contribution in [2.75, 3.05) is 19.6 Å². The average molecular weight is 477 g/mol. The summed E-state index contributed by atoms with van der Waals surface area (Å²) >= 11 is 1.36. The van der Waals surface area contributed by atoms with Crippen LogP contribution in [0.5, 0.6) is 0 Å². The van der Waals surface area contributed by atoms with Gasteiger partial charge >= 0.3 is 0 Å². The number of carbonyl (C=O) groups excluding carboxylic acids is 2. The van der Waals surface area contributed by atoms with E-state index in [1.54, 1.807) is 12.3 Å². The summed E-state index contributed by atoms with van der Waals surface area (Å²) in [6.45, 7) is 2.38. The molecule has 34 heavy (non-hydrogen) atoms. The molecule has 0 aliphatic carbocycles. The van der Waals surface area contributed by atoms with E-state index in [-0.39, 0.29) is 17.9 Å². The number of rotatable bonds is 9. The first-order valence-corrected chi connectivity index (χ1v) is 12.5. The molecule has 0 radical (unpaired) electrons. The third-order valence-electron chi connectivity index (χ3n) is 6.39. The van der Waals surface area contributed by atoms with Gasteiger partial charge in [-0.05, 0) is 61.1 Å². The Morgan fingerprint density at radius 3 is 2.71 bits per heavy atom. The second kappa shape index (κ2) is 10.3. The minimum Gasteiger partial charge on any atom is -0.468 e. The second-order valence-electron chi connectivity index (χ2n) is 8.59. The lowest BCUT2D eigenvalue weighted by Crippen LogP contribution is -2.49. The summed E-state index contributed by atoms with van der Waals surface area (Å²) in [7, 11) is 0. The van der Waals surface area contributed by atoms with Crippen LogP contribution >= 0.6 is 11.3 Å². The maximum Gasteiger partial charge on any atom is 0.262 e. The number of para-hydroxylation sites is 1. The van der Waals surface area contributed by atoms with Crippen molar-refractivity contribution < 1.29 is 14.0 Å². The number of furan rings is 1. The molecule has 2 unspecified atom stereocenters. The van der Waals surface area contributed by atoms with Crippen LogP contribution in [0, 0.1) is 0 Å². The number of hydrogen-bond donors (Lipinski definition) is 3. The van der Waals surface area contributed by atoms with Crippen molar-refractivity contribution in [1.82, 2.24) is 20.5 Å². The van der Waals surface area contributed by atoms with Crippen LogP contribution in [0.25, 0.3) is 10.9 Å². The second-order valence-corrected chi connectivity index (χ2v) is 9.53. The standard InChI is InChI=1S/C26H28N4O3S/c31-25(28-17-22(23-9-5-13-33-23)30-11-3-4-12-30)21(29-26(32)24-10-6-14-34-24)15-18-16-27-20-8-2-1-7-19(18)20/h1-2,5-10,13-14,16,21-22,27H,3-4,11-12,15,17H2,(H,28,31)(H,29,32). The predicted octanol–water partition coefficient (Wildman–Crippen LogP) is 4.12. The van der Waals surface area contributed by atoms with Gasteiger partial charge in [-0.15, -0.1) is 11.3 Å². The number of H-pyrrole nitrogens is 1. The van der Waals surface area contributed by atoms with Gasteiger partial charge in [0.2, 0.25) is 5.91 Å². The Morgan fingerprint density at radius 2 is 1.94 bits per heavy atom. The maximum absolute atomic E-state index is 13.4. The van der Waals surface area contributed by atoms with E-state index >= 15 is 0 Å². The molecule has 1 aliphatic rings. The van der Waals surface area contributed by atoms with E-state index in [9.17, 15) is 9.59 Å². The lowest BCUT2D eigenvalue weighted by Gasteiger charge is -2.27. The Hall–Kier alpha value is -3.36. The fourth-order valence-electron chi connectivity index (χ4n) is 4.63. The predicted molar refractivity (Wildman–Crippen MR) is 133 cm³/mol. The van der Waals surface area contributed by atoms with Gasteiger partial charge in [-0.3, -0.25) is 14.5 Å². The Balaban J connectivity index is 1.34. The van der Waals surface area contributed by atoms with Gasteiger partial charge in [0.05, 0.1) is 17.2 Å². The van der Waals surface area contributed by atoms with Crippen molar-refractivity contribution in [3.05, 3.63) is 82.6 Å². The fourth-order valence-corrected chi connectivity index (χ4v) is 5.26. The van der Waals surface area contributed by atoms with Crippen molar-refractivity contribution in [1.29, 1.82) is 0 Å². The molecule has 8 heteroatoms. The Morgan fingerprint density at radius 1 is 1.09 bits per heavy atom. The SMILES string of the molecule is O=C(NC(Cc1c[nH]c2ccccc12)C(=O)NCC(c1ccco1)N1CCCC1)c1cccs1. The summed E-state index contributed by atoms with van der Waals surface area (Å²) in [6, 6.07) is 14.7. The molecule has 3 aromatic heterocycles. The number of benzene rings is 1. The first-order valence-electron chi connectivity index (χ1n) is 11.6. The average Bonchev–Trinajstić information content (AvgIpc) is 3.67. The molecular weight excluding hydrogens is 448 g/mol. The number of aromatic nitrogens is 1. The van der Waals surface area contributed by atoms with Crippen LogP contribution in [0.2, 0.25) is 0 Å². The molecule has 3 N–H and O–H groups in total. The molecule has 5 rings (SSSR count). The Bertz CT molecular complexity index is 1230. The molecule has 1 aliphatic heterocycles. The lowest BCUT2D eigenvalue weighted by atomic mass is 10.0. The number of fused-ring (bicyclic) bond motifs is 1. The first-order chi connectivity index (χ1) is 16.7. The summed E-state index contributed by atoms with van der Waals surface area (Å²) in [6.07, 6.45) is 6.26. The lowest BCUT2D eigenvalue weighted by molar-refractivity contribution is -0.123. The third kappa shape index (κ3) is 4.93. The number of nitrogens with zero attached hydrogens (tertiary/aromatic N) is 1. The zero-order valence-corrected chi connectivity index (χ0v) is 19.6. The maximum atomic E-state index is 13.4. The molecule has 0 saturated carbocycles. The number of likely N-dealkylation sites (tertiary alicyclic amines) is 1. The fraction of sp³-hybridized carbons (Fsp3) is 0.308. The van der Waals surface area contributed by atoms with Crippen molar-refractivity contribution in [3.8, 4) is 0 Å². The number of aromatic amines is 1. The van der Waals surface area contributed by atoms with Crippen LogP contribution in [-0.4, -0.2) is 47.4 Å². The molecule has 1 fully saturated rings. The highest BCUT2D eigenvalue weighted by Crippen LogP contribution is 2.25. The van der Waals surface area contributed by atoms with Crippen LogP contribution in [0.4, 0.5) is 0 Å². The monoisotopic (exact) mass is 476 g/mol. The molecule has 1 aromatic carbocycles. The molecule has 176 valence electrons. The zero-order valence-electron chi connectivity index (χ0n) is 18.8. The smallest absolute Gasteiger partial charge is 0.262 e. The number of amides is 2. The Labute approximate surface area is 202 Å². The van der Waals surface area contributed by atoms with Gasteiger partial charge in [-0.25, -0.2) is 0 Å². The Kier molecular flexibility index (Phi) is 6.78. The van der Waals surface area contributed by atoms with Gasteiger partial charge in [-0.2, -0.15) is 0 Å². The largest absolute Gasteiger partial charge is 0.468 e. The minimum absolute atomic E-state index is 0.0248. The molecule has 0 spiro atoms. The van der Waals surface area contributed by atoms with Crippen molar-refractivity contribution in [2.24, 2.45) is 0 Å². The van der Waals surface area contributed by atoms with E-state index in [0.29, 0.717) is 17.8 Å². The van der Waals surface area contributed by atoms with E-state index in [2.05, 4.69) is 20.5 Å². The molecule has 2 amide bonds. The summed E-state index contributed by atoms with van der Waals surface area (Å²) in [5, 5.41) is 8.96. The van der Waals surface area contributed by atoms with Gasteiger partial charge in [0, 0.05) is 30.1 Å². The highest BCUT2D eigenvalue weighted by Gasteiger charge is 2.28. The molecule has 4 heterocycles. The van der Waals surface area contributed by atoms with Crippen LogP contribution in [0.3, 0.4) is 0 Å². The molecule has 2 atom stereocenters. The van der Waals surface area contributed by atoms with Crippen LogP contribution in [-0.2, 0) is 11.2 Å². The van der Waals surface area contributed by atoms with Crippen LogP contribution < -0.4 is 10.6 Å². The topological polar surface area (TPSA) is 90.4 Å². The van der Waals surface area contributed by atoms with Gasteiger partial charge < -0.3 is 20.0 Å².